The van der Waals surface area contributed by atoms with E-state index in [4.69, 9.17) is 4.74 Å². The number of carbonyl (C=O) groups excluding carboxylic acids is 2. The Labute approximate surface area is 131 Å². The number of ether oxygens (including phenoxy) is 1. The lowest BCUT2D eigenvalue weighted by atomic mass is 9.97. The number of carbonyl (C=O) groups is 2. The minimum atomic E-state index is -0.569. The number of likely N-dealkylation sites (tertiary alicyclic amines) is 1. The van der Waals surface area contributed by atoms with E-state index in [0.29, 0.717) is 26.0 Å². The first-order valence-electron chi connectivity index (χ1n) is 6.94. The van der Waals surface area contributed by atoms with Crippen LogP contribution in [0.15, 0.2) is 22.7 Å². The van der Waals surface area contributed by atoms with Crippen molar-refractivity contribution in [1.29, 1.82) is 0 Å². The molecule has 1 aromatic rings. The predicted octanol–water partition coefficient (Wildman–Crippen LogP) is 3.00. The van der Waals surface area contributed by atoms with Gasteiger partial charge in [-0.05, 0) is 47.8 Å². The topological polar surface area (TPSA) is 46.6 Å². The van der Waals surface area contributed by atoms with E-state index in [-0.39, 0.29) is 34.4 Å². The van der Waals surface area contributed by atoms with Gasteiger partial charge in [0.25, 0.3) is 5.91 Å². The Morgan fingerprint density at radius 1 is 1.48 bits per heavy atom. The average molecular weight is 358 g/mol. The minimum absolute atomic E-state index is 0.0221. The fraction of sp³-hybridized carbons (Fsp3) is 0.467. The summed E-state index contributed by atoms with van der Waals surface area (Å²) in [6.07, 6.45) is 1.41. The van der Waals surface area contributed by atoms with Crippen LogP contribution in [0, 0.1) is 11.7 Å². The molecule has 4 nitrogen and oxygen atoms in total. The molecule has 1 atom stereocenters. The van der Waals surface area contributed by atoms with Crippen LogP contribution in [-0.4, -0.2) is 36.5 Å². The van der Waals surface area contributed by atoms with E-state index in [1.165, 1.54) is 11.0 Å². The first kappa shape index (κ1) is 15.9. The number of amides is 1. The molecule has 114 valence electrons. The van der Waals surface area contributed by atoms with Crippen molar-refractivity contribution in [2.24, 2.45) is 5.92 Å². The van der Waals surface area contributed by atoms with Crippen molar-refractivity contribution in [2.75, 3.05) is 19.7 Å². The minimum Gasteiger partial charge on any atom is -0.466 e. The molecule has 2 rings (SSSR count). The number of hydrogen-bond donors (Lipinski definition) is 0. The van der Waals surface area contributed by atoms with Gasteiger partial charge in [0, 0.05) is 13.1 Å². The SMILES string of the molecule is CCOC(=O)C1CCCN(C(=O)c2cccc(Br)c2F)C1. The summed E-state index contributed by atoms with van der Waals surface area (Å²) < 4.78 is 19.3. The van der Waals surface area contributed by atoms with Crippen molar-refractivity contribution >= 4 is 27.8 Å². The largest absolute Gasteiger partial charge is 0.466 e. The molecule has 0 aromatic heterocycles. The Balaban J connectivity index is 2.12. The fourth-order valence-electron chi connectivity index (χ4n) is 2.45. The second kappa shape index (κ2) is 7.02. The first-order valence-corrected chi connectivity index (χ1v) is 7.73. The van der Waals surface area contributed by atoms with E-state index in [9.17, 15) is 14.0 Å². The summed E-state index contributed by atoms with van der Waals surface area (Å²) in [5, 5.41) is 0. The molecule has 1 aliphatic heterocycles. The maximum Gasteiger partial charge on any atom is 0.310 e. The predicted molar refractivity (Wildman–Crippen MR) is 79.4 cm³/mol. The number of hydrogen-bond acceptors (Lipinski definition) is 3. The number of esters is 1. The van der Waals surface area contributed by atoms with Gasteiger partial charge in [0.15, 0.2) is 0 Å². The third kappa shape index (κ3) is 3.61. The van der Waals surface area contributed by atoms with Crippen molar-refractivity contribution in [1.82, 2.24) is 4.90 Å². The Kier molecular flexibility index (Phi) is 5.33. The van der Waals surface area contributed by atoms with Gasteiger partial charge in [-0.15, -0.1) is 0 Å². The summed E-state index contributed by atoms with van der Waals surface area (Å²) in [5.74, 6) is -1.56. The Bertz CT molecular complexity index is 550. The van der Waals surface area contributed by atoms with E-state index >= 15 is 0 Å². The molecule has 1 heterocycles. The van der Waals surface area contributed by atoms with Crippen molar-refractivity contribution in [3.63, 3.8) is 0 Å². The van der Waals surface area contributed by atoms with Crippen molar-refractivity contribution in [3.05, 3.63) is 34.1 Å². The maximum absolute atomic E-state index is 14.0. The zero-order valence-electron chi connectivity index (χ0n) is 11.8. The molecule has 0 aliphatic carbocycles. The van der Waals surface area contributed by atoms with Crippen LogP contribution in [0.4, 0.5) is 4.39 Å². The third-order valence-electron chi connectivity index (χ3n) is 3.51. The number of nitrogens with zero attached hydrogens (tertiary/aromatic N) is 1. The summed E-state index contributed by atoms with van der Waals surface area (Å²) in [4.78, 5) is 25.7. The second-order valence-corrected chi connectivity index (χ2v) is 5.80. The molecule has 0 radical (unpaired) electrons. The normalized spacial score (nSPS) is 18.4. The Hall–Kier alpha value is -1.43. The number of halogens is 2. The Morgan fingerprint density at radius 3 is 2.95 bits per heavy atom. The molecule has 1 aliphatic rings. The van der Waals surface area contributed by atoms with Crippen LogP contribution in [0.3, 0.4) is 0 Å². The van der Waals surface area contributed by atoms with Crippen LogP contribution in [0.2, 0.25) is 0 Å². The van der Waals surface area contributed by atoms with Gasteiger partial charge in [0.1, 0.15) is 5.82 Å². The molecule has 0 spiro atoms. The van der Waals surface area contributed by atoms with Gasteiger partial charge in [0.2, 0.25) is 0 Å². The highest BCUT2D eigenvalue weighted by molar-refractivity contribution is 9.10. The van der Waals surface area contributed by atoms with Crippen molar-refractivity contribution in [3.8, 4) is 0 Å². The summed E-state index contributed by atoms with van der Waals surface area (Å²) >= 11 is 3.07. The maximum atomic E-state index is 14.0. The van der Waals surface area contributed by atoms with E-state index in [1.807, 2.05) is 0 Å². The lowest BCUT2D eigenvalue weighted by molar-refractivity contribution is -0.149. The van der Waals surface area contributed by atoms with Gasteiger partial charge in [-0.1, -0.05) is 6.07 Å². The summed E-state index contributed by atoms with van der Waals surface area (Å²) in [7, 11) is 0. The monoisotopic (exact) mass is 357 g/mol. The second-order valence-electron chi connectivity index (χ2n) is 4.94. The summed E-state index contributed by atoms with van der Waals surface area (Å²) in [6.45, 7) is 2.88. The average Bonchev–Trinajstić information content (AvgIpc) is 2.50. The van der Waals surface area contributed by atoms with Crippen LogP contribution in [-0.2, 0) is 9.53 Å². The van der Waals surface area contributed by atoms with Crippen molar-refractivity contribution in [2.45, 2.75) is 19.8 Å². The zero-order valence-corrected chi connectivity index (χ0v) is 13.4. The number of piperidine rings is 1. The fourth-order valence-corrected chi connectivity index (χ4v) is 2.82. The van der Waals surface area contributed by atoms with Crippen molar-refractivity contribution < 1.29 is 18.7 Å². The Morgan fingerprint density at radius 2 is 2.24 bits per heavy atom. The highest BCUT2D eigenvalue weighted by Crippen LogP contribution is 2.23. The zero-order chi connectivity index (χ0) is 15.4. The summed E-state index contributed by atoms with van der Waals surface area (Å²) in [5.41, 5.74) is 0.0221. The van der Waals surface area contributed by atoms with Crippen LogP contribution in [0.25, 0.3) is 0 Å². The first-order chi connectivity index (χ1) is 10.0. The lowest BCUT2D eigenvalue weighted by Gasteiger charge is -2.31. The molecule has 1 amide bonds. The highest BCUT2D eigenvalue weighted by atomic mass is 79.9. The molecule has 0 bridgehead atoms. The van der Waals surface area contributed by atoms with Crippen LogP contribution in [0.5, 0.6) is 0 Å². The molecule has 21 heavy (non-hydrogen) atoms. The molecule has 1 unspecified atom stereocenters. The van der Waals surface area contributed by atoms with Gasteiger partial charge in [0.05, 0.1) is 22.6 Å². The molecular formula is C15H17BrFNO3. The van der Waals surface area contributed by atoms with E-state index in [1.54, 1.807) is 19.1 Å². The molecule has 0 N–H and O–H groups in total. The highest BCUT2D eigenvalue weighted by Gasteiger charge is 2.30. The molecule has 6 heteroatoms. The van der Waals surface area contributed by atoms with Gasteiger partial charge in [-0.2, -0.15) is 0 Å². The quantitative estimate of drug-likeness (QED) is 0.781. The van der Waals surface area contributed by atoms with Crippen LogP contribution < -0.4 is 0 Å². The number of benzene rings is 1. The van der Waals surface area contributed by atoms with Crippen LogP contribution >= 0.6 is 15.9 Å². The standard InChI is InChI=1S/C15H17BrFNO3/c1-2-21-15(20)10-5-4-8-18(9-10)14(19)11-6-3-7-12(16)13(11)17/h3,6-7,10H,2,4-5,8-9H2,1H3. The van der Waals surface area contributed by atoms with Gasteiger partial charge in [-0.25, -0.2) is 4.39 Å². The van der Waals surface area contributed by atoms with Crippen LogP contribution in [0.1, 0.15) is 30.1 Å². The van der Waals surface area contributed by atoms with Gasteiger partial charge >= 0.3 is 5.97 Å². The molecule has 1 saturated heterocycles. The number of rotatable bonds is 3. The molecule has 0 saturated carbocycles. The van der Waals surface area contributed by atoms with E-state index in [0.717, 1.165) is 0 Å². The molecule has 1 fully saturated rings. The lowest BCUT2D eigenvalue weighted by Crippen LogP contribution is -2.43. The third-order valence-corrected chi connectivity index (χ3v) is 4.12. The smallest absolute Gasteiger partial charge is 0.310 e. The molecular weight excluding hydrogens is 341 g/mol. The summed E-state index contributed by atoms with van der Waals surface area (Å²) in [6, 6.07) is 4.62. The molecule has 1 aromatic carbocycles. The van der Waals surface area contributed by atoms with Gasteiger partial charge in [-0.3, -0.25) is 9.59 Å². The van der Waals surface area contributed by atoms with E-state index < -0.39 is 5.82 Å². The van der Waals surface area contributed by atoms with E-state index in [2.05, 4.69) is 15.9 Å². The van der Waals surface area contributed by atoms with Gasteiger partial charge < -0.3 is 9.64 Å².